The van der Waals surface area contributed by atoms with Crippen molar-refractivity contribution in [1.82, 2.24) is 4.31 Å². The number of sulfonamides is 1. The maximum atomic E-state index is 12.6. The van der Waals surface area contributed by atoms with Crippen molar-refractivity contribution in [2.45, 2.75) is 30.0 Å². The summed E-state index contributed by atoms with van der Waals surface area (Å²) in [5.74, 6) is 0.0962. The predicted molar refractivity (Wildman–Crippen MR) is 81.1 cm³/mol. The van der Waals surface area contributed by atoms with E-state index in [4.69, 9.17) is 17.3 Å². The van der Waals surface area contributed by atoms with Crippen molar-refractivity contribution >= 4 is 38.6 Å². The second kappa shape index (κ2) is 6.17. The molecule has 1 aliphatic rings. The minimum atomic E-state index is -3.76. The second-order valence-corrected chi connectivity index (χ2v) is 8.78. The van der Waals surface area contributed by atoms with Gasteiger partial charge in [0.2, 0.25) is 0 Å². The lowest BCUT2D eigenvalue weighted by Crippen LogP contribution is -2.48. The topological polar surface area (TPSA) is 107 Å². The summed E-state index contributed by atoms with van der Waals surface area (Å²) in [6, 6.07) is 1.01. The highest BCUT2D eigenvalue weighted by molar-refractivity contribution is 7.91. The first-order valence-electron chi connectivity index (χ1n) is 6.46. The Labute approximate surface area is 131 Å². The number of halogens is 1. The van der Waals surface area contributed by atoms with Gasteiger partial charge in [-0.1, -0.05) is 24.9 Å². The quantitative estimate of drug-likeness (QED) is 0.658. The fourth-order valence-electron chi connectivity index (χ4n) is 2.38. The molecule has 0 radical (unpaired) electrons. The van der Waals surface area contributed by atoms with Crippen molar-refractivity contribution < 1.29 is 13.3 Å². The Kier molecular flexibility index (Phi) is 4.89. The third-order valence-electron chi connectivity index (χ3n) is 3.72. The third kappa shape index (κ3) is 3.21. The zero-order valence-corrected chi connectivity index (χ0v) is 13.7. The Morgan fingerprint density at radius 2 is 2.29 bits per heavy atom. The van der Waals surface area contributed by atoms with Crippen LogP contribution in [0, 0.1) is 16.0 Å². The van der Waals surface area contributed by atoms with Crippen LogP contribution in [0.15, 0.2) is 10.3 Å². The molecule has 1 aromatic heterocycles. The largest absolute Gasteiger partial charge is 0.327 e. The zero-order chi connectivity index (χ0) is 15.8. The first-order valence-corrected chi connectivity index (χ1v) is 9.10. The van der Waals surface area contributed by atoms with Crippen LogP contribution in [-0.2, 0) is 10.0 Å². The lowest BCUT2D eigenvalue weighted by molar-refractivity contribution is -0.384. The molecule has 2 heterocycles. The van der Waals surface area contributed by atoms with E-state index in [0.717, 1.165) is 12.5 Å². The average Bonchev–Trinajstić information content (AvgIpc) is 2.82. The molecule has 0 saturated carbocycles. The molecule has 7 nitrogen and oxygen atoms in total. The smallest absolute Gasteiger partial charge is 0.300 e. The summed E-state index contributed by atoms with van der Waals surface area (Å²) in [6.07, 6.45) is 1.37. The standard InChI is InChI=1S/C11H16ClN3O4S2/c1-2-7-6-14(4-3-8(7)13)21(18,19)10-5-9(15(16)17)11(12)20-10/h5,7-8H,2-4,6,13H2,1H3. The Morgan fingerprint density at radius 3 is 2.81 bits per heavy atom. The van der Waals surface area contributed by atoms with Crippen LogP contribution >= 0.6 is 22.9 Å². The van der Waals surface area contributed by atoms with Crippen LogP contribution < -0.4 is 5.73 Å². The van der Waals surface area contributed by atoms with Crippen LogP contribution in [0.1, 0.15) is 19.8 Å². The molecule has 0 aromatic carbocycles. The number of thiophene rings is 1. The van der Waals surface area contributed by atoms with Crippen molar-refractivity contribution in [3.8, 4) is 0 Å². The van der Waals surface area contributed by atoms with E-state index in [-0.39, 0.29) is 26.2 Å². The molecule has 0 bridgehead atoms. The molecule has 2 rings (SSSR count). The summed E-state index contributed by atoms with van der Waals surface area (Å²) < 4.78 is 26.2. The van der Waals surface area contributed by atoms with Gasteiger partial charge in [0, 0.05) is 25.2 Å². The zero-order valence-electron chi connectivity index (χ0n) is 11.4. The molecule has 1 saturated heterocycles. The fourth-order valence-corrected chi connectivity index (χ4v) is 5.72. The van der Waals surface area contributed by atoms with Crippen LogP contribution in [0.25, 0.3) is 0 Å². The number of piperidine rings is 1. The van der Waals surface area contributed by atoms with Crippen LogP contribution in [-0.4, -0.2) is 36.8 Å². The minimum absolute atomic E-state index is 0.0114. The number of nitro groups is 1. The lowest BCUT2D eigenvalue weighted by Gasteiger charge is -2.35. The van der Waals surface area contributed by atoms with Gasteiger partial charge in [0.1, 0.15) is 4.21 Å². The van der Waals surface area contributed by atoms with E-state index in [1.807, 2.05) is 6.92 Å². The van der Waals surface area contributed by atoms with Gasteiger partial charge >= 0.3 is 0 Å². The van der Waals surface area contributed by atoms with Crippen LogP contribution in [0.5, 0.6) is 0 Å². The normalized spacial score (nSPS) is 24.1. The molecule has 0 spiro atoms. The molecule has 118 valence electrons. The molecule has 21 heavy (non-hydrogen) atoms. The lowest BCUT2D eigenvalue weighted by atomic mass is 9.92. The second-order valence-electron chi connectivity index (χ2n) is 4.97. The molecule has 10 heteroatoms. The number of hydrogen-bond donors (Lipinski definition) is 1. The third-order valence-corrected chi connectivity index (χ3v) is 7.37. The monoisotopic (exact) mass is 353 g/mol. The summed E-state index contributed by atoms with van der Waals surface area (Å²) in [5.41, 5.74) is 5.60. The van der Waals surface area contributed by atoms with E-state index in [0.29, 0.717) is 30.8 Å². The van der Waals surface area contributed by atoms with Gasteiger partial charge in [-0.05, 0) is 12.3 Å². The maximum absolute atomic E-state index is 12.6. The predicted octanol–water partition coefficient (Wildman–Crippen LogP) is 2.06. The van der Waals surface area contributed by atoms with Gasteiger partial charge in [-0.2, -0.15) is 4.31 Å². The molecule has 1 aromatic rings. The van der Waals surface area contributed by atoms with Gasteiger partial charge in [-0.25, -0.2) is 8.42 Å². The fraction of sp³-hybridized carbons (Fsp3) is 0.636. The molecule has 0 amide bonds. The Hall–Kier alpha value is -0.740. The van der Waals surface area contributed by atoms with Crippen LogP contribution in [0.4, 0.5) is 5.69 Å². The summed E-state index contributed by atoms with van der Waals surface area (Å²) in [6.45, 7) is 2.63. The van der Waals surface area contributed by atoms with Crippen molar-refractivity contribution in [3.05, 3.63) is 20.5 Å². The Balaban J connectivity index is 2.30. The Bertz CT molecular complexity index is 646. The molecule has 2 N–H and O–H groups in total. The molecule has 2 unspecified atom stereocenters. The van der Waals surface area contributed by atoms with Gasteiger partial charge in [0.15, 0.2) is 4.34 Å². The van der Waals surface area contributed by atoms with Crippen molar-refractivity contribution in [1.29, 1.82) is 0 Å². The van der Waals surface area contributed by atoms with Crippen LogP contribution in [0.2, 0.25) is 4.34 Å². The summed E-state index contributed by atoms with van der Waals surface area (Å²) >= 11 is 6.45. The van der Waals surface area contributed by atoms with E-state index in [1.54, 1.807) is 0 Å². The first-order chi connectivity index (χ1) is 9.77. The SMILES string of the molecule is CCC1CN(S(=O)(=O)c2cc([N+](=O)[O-])c(Cl)s2)CCC1N. The van der Waals surface area contributed by atoms with E-state index >= 15 is 0 Å². The number of hydrogen-bond acceptors (Lipinski definition) is 6. The van der Waals surface area contributed by atoms with E-state index in [2.05, 4.69) is 0 Å². The minimum Gasteiger partial charge on any atom is -0.327 e. The van der Waals surface area contributed by atoms with Crippen LogP contribution in [0.3, 0.4) is 0 Å². The molecular formula is C11H16ClN3O4S2. The first kappa shape index (κ1) is 16.6. The van der Waals surface area contributed by atoms with Gasteiger partial charge < -0.3 is 5.73 Å². The molecule has 1 aliphatic heterocycles. The van der Waals surface area contributed by atoms with Gasteiger partial charge in [-0.15, -0.1) is 11.3 Å². The molecule has 1 fully saturated rings. The van der Waals surface area contributed by atoms with E-state index < -0.39 is 14.9 Å². The van der Waals surface area contributed by atoms with E-state index in [1.165, 1.54) is 4.31 Å². The van der Waals surface area contributed by atoms with Gasteiger partial charge in [0.25, 0.3) is 15.7 Å². The summed E-state index contributed by atoms with van der Waals surface area (Å²) in [4.78, 5) is 10.1. The highest BCUT2D eigenvalue weighted by Crippen LogP contribution is 2.38. The number of nitrogens with zero attached hydrogens (tertiary/aromatic N) is 2. The maximum Gasteiger partial charge on any atom is 0.300 e. The summed E-state index contributed by atoms with van der Waals surface area (Å²) in [5, 5.41) is 10.8. The number of rotatable bonds is 4. The molecule has 2 atom stereocenters. The van der Waals surface area contributed by atoms with Crippen molar-refractivity contribution in [2.75, 3.05) is 13.1 Å². The highest BCUT2D eigenvalue weighted by Gasteiger charge is 2.35. The summed E-state index contributed by atoms with van der Waals surface area (Å²) in [7, 11) is -3.76. The van der Waals surface area contributed by atoms with Gasteiger partial charge in [0.05, 0.1) is 4.92 Å². The van der Waals surface area contributed by atoms with Gasteiger partial charge in [-0.3, -0.25) is 10.1 Å². The highest BCUT2D eigenvalue weighted by atomic mass is 35.5. The average molecular weight is 354 g/mol. The molecule has 0 aliphatic carbocycles. The van der Waals surface area contributed by atoms with Crippen molar-refractivity contribution in [3.63, 3.8) is 0 Å². The molecular weight excluding hydrogens is 338 g/mol. The number of nitrogens with two attached hydrogens (primary N) is 1. The van der Waals surface area contributed by atoms with E-state index in [9.17, 15) is 18.5 Å². The van der Waals surface area contributed by atoms with Crippen molar-refractivity contribution in [2.24, 2.45) is 11.7 Å². The Morgan fingerprint density at radius 1 is 1.62 bits per heavy atom.